The van der Waals surface area contributed by atoms with Crippen molar-refractivity contribution in [1.29, 1.82) is 0 Å². The Labute approximate surface area is 123 Å². The van der Waals surface area contributed by atoms with Crippen LogP contribution in [0, 0.1) is 0 Å². The number of β-amino-alcohol motifs (C(OH)–C–C–N with tert-alkyl or cyclic N) is 1. The van der Waals surface area contributed by atoms with E-state index in [0.29, 0.717) is 6.04 Å². The first-order chi connectivity index (χ1) is 8.95. The van der Waals surface area contributed by atoms with E-state index in [2.05, 4.69) is 45.9 Å². The molecule has 1 aromatic carbocycles. The summed E-state index contributed by atoms with van der Waals surface area (Å²) < 4.78 is 0.933. The van der Waals surface area contributed by atoms with Gasteiger partial charge in [-0.25, -0.2) is 0 Å². The van der Waals surface area contributed by atoms with Gasteiger partial charge in [0.25, 0.3) is 0 Å². The SMILES string of the molecule is CN(C)CC1CC(O)CN1Cc1ccc(Br)c(N)c1. The third-order valence-corrected chi connectivity index (χ3v) is 4.25. The van der Waals surface area contributed by atoms with Crippen molar-refractivity contribution in [3.63, 3.8) is 0 Å². The predicted molar refractivity (Wildman–Crippen MR) is 81.9 cm³/mol. The molecular formula is C14H22BrN3O. The van der Waals surface area contributed by atoms with E-state index in [9.17, 15) is 5.11 Å². The van der Waals surface area contributed by atoms with Crippen molar-refractivity contribution in [3.05, 3.63) is 28.2 Å². The molecule has 5 heteroatoms. The summed E-state index contributed by atoms with van der Waals surface area (Å²) in [4.78, 5) is 4.51. The van der Waals surface area contributed by atoms with Gasteiger partial charge in [-0.1, -0.05) is 6.07 Å². The van der Waals surface area contributed by atoms with E-state index in [0.717, 1.165) is 36.2 Å². The lowest BCUT2D eigenvalue weighted by Crippen LogP contribution is -2.37. The molecule has 0 saturated carbocycles. The largest absolute Gasteiger partial charge is 0.398 e. The number of hydrogen-bond donors (Lipinski definition) is 2. The molecule has 2 rings (SSSR count). The smallest absolute Gasteiger partial charge is 0.0682 e. The number of likely N-dealkylation sites (N-methyl/N-ethyl adjacent to an activating group) is 1. The van der Waals surface area contributed by atoms with E-state index in [4.69, 9.17) is 5.73 Å². The molecule has 0 bridgehead atoms. The summed E-state index contributed by atoms with van der Waals surface area (Å²) in [5, 5.41) is 9.87. The Balaban J connectivity index is 2.05. The van der Waals surface area contributed by atoms with Crippen molar-refractivity contribution in [2.45, 2.75) is 25.1 Å². The van der Waals surface area contributed by atoms with Crippen LogP contribution in [0.2, 0.25) is 0 Å². The highest BCUT2D eigenvalue weighted by Gasteiger charge is 2.30. The highest BCUT2D eigenvalue weighted by Crippen LogP contribution is 2.24. The molecule has 0 amide bonds. The van der Waals surface area contributed by atoms with E-state index >= 15 is 0 Å². The van der Waals surface area contributed by atoms with Crippen molar-refractivity contribution in [3.8, 4) is 0 Å². The van der Waals surface area contributed by atoms with Crippen molar-refractivity contribution in [1.82, 2.24) is 9.80 Å². The fourth-order valence-corrected chi connectivity index (χ4v) is 2.94. The third kappa shape index (κ3) is 3.92. The van der Waals surface area contributed by atoms with Gasteiger partial charge in [0.05, 0.1) is 6.10 Å². The Hall–Kier alpha value is -0.620. The van der Waals surface area contributed by atoms with Gasteiger partial charge in [-0.05, 0) is 54.1 Å². The summed E-state index contributed by atoms with van der Waals surface area (Å²) >= 11 is 3.41. The van der Waals surface area contributed by atoms with Crippen LogP contribution in [0.15, 0.2) is 22.7 Å². The molecule has 19 heavy (non-hydrogen) atoms. The van der Waals surface area contributed by atoms with Crippen LogP contribution in [0.25, 0.3) is 0 Å². The van der Waals surface area contributed by atoms with Gasteiger partial charge in [0.15, 0.2) is 0 Å². The number of benzene rings is 1. The highest BCUT2D eigenvalue weighted by atomic mass is 79.9. The zero-order valence-electron chi connectivity index (χ0n) is 11.5. The number of likely N-dealkylation sites (tertiary alicyclic amines) is 1. The van der Waals surface area contributed by atoms with E-state index in [1.807, 2.05) is 12.1 Å². The standard InChI is InChI=1S/C14H22BrN3O/c1-17(2)8-11-6-12(19)9-18(11)7-10-3-4-13(15)14(16)5-10/h3-5,11-12,19H,6-9,16H2,1-2H3. The van der Waals surface area contributed by atoms with Gasteiger partial charge < -0.3 is 15.7 Å². The molecule has 0 aromatic heterocycles. The molecule has 1 aliphatic heterocycles. The minimum absolute atomic E-state index is 0.210. The number of halogens is 1. The topological polar surface area (TPSA) is 52.7 Å². The second-order valence-electron chi connectivity index (χ2n) is 5.59. The first-order valence-electron chi connectivity index (χ1n) is 6.56. The lowest BCUT2D eigenvalue weighted by atomic mass is 10.1. The van der Waals surface area contributed by atoms with E-state index in [-0.39, 0.29) is 6.10 Å². The Kier molecular flexibility index (Phi) is 4.84. The van der Waals surface area contributed by atoms with Gasteiger partial charge >= 0.3 is 0 Å². The lowest BCUT2D eigenvalue weighted by molar-refractivity contribution is 0.169. The van der Waals surface area contributed by atoms with Crippen molar-refractivity contribution >= 4 is 21.6 Å². The Bertz CT molecular complexity index is 439. The summed E-state index contributed by atoms with van der Waals surface area (Å²) in [6, 6.07) is 6.48. The van der Waals surface area contributed by atoms with Gasteiger partial charge in [-0.2, -0.15) is 0 Å². The average Bonchev–Trinajstić information content (AvgIpc) is 2.63. The van der Waals surface area contributed by atoms with E-state index < -0.39 is 0 Å². The molecular weight excluding hydrogens is 306 g/mol. The molecule has 1 fully saturated rings. The monoisotopic (exact) mass is 327 g/mol. The number of nitrogens with two attached hydrogens (primary N) is 1. The minimum atomic E-state index is -0.210. The second-order valence-corrected chi connectivity index (χ2v) is 6.45. The van der Waals surface area contributed by atoms with Gasteiger partial charge in [-0.3, -0.25) is 4.90 Å². The molecule has 106 valence electrons. The molecule has 2 atom stereocenters. The zero-order valence-corrected chi connectivity index (χ0v) is 13.1. The quantitative estimate of drug-likeness (QED) is 0.823. The number of aliphatic hydroxyl groups excluding tert-OH is 1. The summed E-state index contributed by atoms with van der Waals surface area (Å²) in [7, 11) is 4.14. The summed E-state index contributed by atoms with van der Waals surface area (Å²) in [6.07, 6.45) is 0.641. The molecule has 0 radical (unpaired) electrons. The molecule has 0 spiro atoms. The van der Waals surface area contributed by atoms with Crippen LogP contribution < -0.4 is 5.73 Å². The predicted octanol–water partition coefficient (Wildman–Crippen LogP) is 1.53. The number of nitrogen functional groups attached to an aromatic ring is 1. The number of anilines is 1. The zero-order chi connectivity index (χ0) is 14.0. The molecule has 0 aliphatic carbocycles. The van der Waals surface area contributed by atoms with Gasteiger partial charge in [0.1, 0.15) is 0 Å². The maximum atomic E-state index is 9.87. The first-order valence-corrected chi connectivity index (χ1v) is 7.35. The molecule has 2 unspecified atom stereocenters. The second kappa shape index (κ2) is 6.22. The molecule has 3 N–H and O–H groups in total. The summed E-state index contributed by atoms with van der Waals surface area (Å²) in [5.74, 6) is 0. The minimum Gasteiger partial charge on any atom is -0.398 e. The molecule has 1 aromatic rings. The van der Waals surface area contributed by atoms with Crippen molar-refractivity contribution in [2.24, 2.45) is 0 Å². The van der Waals surface area contributed by atoms with Crippen LogP contribution in [-0.4, -0.2) is 54.2 Å². The Morgan fingerprint density at radius 1 is 1.47 bits per heavy atom. The van der Waals surface area contributed by atoms with E-state index in [1.165, 1.54) is 5.56 Å². The molecule has 1 aliphatic rings. The molecule has 1 heterocycles. The number of aliphatic hydroxyl groups is 1. The van der Waals surface area contributed by atoms with Crippen LogP contribution in [0.1, 0.15) is 12.0 Å². The highest BCUT2D eigenvalue weighted by molar-refractivity contribution is 9.10. The Morgan fingerprint density at radius 3 is 2.84 bits per heavy atom. The van der Waals surface area contributed by atoms with Crippen LogP contribution in [0.3, 0.4) is 0 Å². The third-order valence-electron chi connectivity index (χ3n) is 3.53. The summed E-state index contributed by atoms with van der Waals surface area (Å²) in [5.41, 5.74) is 7.87. The van der Waals surface area contributed by atoms with Crippen LogP contribution in [-0.2, 0) is 6.54 Å². The Morgan fingerprint density at radius 2 is 2.21 bits per heavy atom. The van der Waals surface area contributed by atoms with Gasteiger partial charge in [0, 0.05) is 35.8 Å². The maximum Gasteiger partial charge on any atom is 0.0682 e. The van der Waals surface area contributed by atoms with E-state index in [1.54, 1.807) is 0 Å². The molecule has 4 nitrogen and oxygen atoms in total. The maximum absolute atomic E-state index is 9.87. The fraction of sp³-hybridized carbons (Fsp3) is 0.571. The van der Waals surface area contributed by atoms with Gasteiger partial charge in [0.2, 0.25) is 0 Å². The summed E-state index contributed by atoms with van der Waals surface area (Å²) in [6.45, 7) is 2.56. The van der Waals surface area contributed by atoms with Crippen LogP contribution in [0.5, 0.6) is 0 Å². The van der Waals surface area contributed by atoms with Gasteiger partial charge in [-0.15, -0.1) is 0 Å². The fourth-order valence-electron chi connectivity index (χ4n) is 2.69. The normalized spacial score (nSPS) is 24.3. The van der Waals surface area contributed by atoms with Crippen LogP contribution >= 0.6 is 15.9 Å². The number of rotatable bonds is 4. The van der Waals surface area contributed by atoms with Crippen molar-refractivity contribution < 1.29 is 5.11 Å². The van der Waals surface area contributed by atoms with Crippen LogP contribution in [0.4, 0.5) is 5.69 Å². The number of nitrogens with zero attached hydrogens (tertiary/aromatic N) is 2. The lowest BCUT2D eigenvalue weighted by Gasteiger charge is -2.26. The number of hydrogen-bond acceptors (Lipinski definition) is 4. The molecule has 1 saturated heterocycles. The van der Waals surface area contributed by atoms with Crippen molar-refractivity contribution in [2.75, 3.05) is 32.9 Å². The average molecular weight is 328 g/mol. The first kappa shape index (κ1) is 14.8.